The van der Waals surface area contributed by atoms with Crippen molar-refractivity contribution < 1.29 is 19.3 Å². The van der Waals surface area contributed by atoms with E-state index in [0.717, 1.165) is 5.69 Å². The summed E-state index contributed by atoms with van der Waals surface area (Å²) in [6.45, 7) is -2.76. The van der Waals surface area contributed by atoms with Crippen LogP contribution in [0.15, 0.2) is 24.3 Å². The third kappa shape index (κ3) is 2.51. The van der Waals surface area contributed by atoms with E-state index < -0.39 is 6.61 Å². The van der Waals surface area contributed by atoms with E-state index in [1.54, 1.807) is 12.1 Å². The lowest BCUT2D eigenvalue weighted by atomic mass is 10.3. The average molecular weight is 160 g/mol. The molecule has 0 bridgehead atoms. The van der Waals surface area contributed by atoms with Crippen molar-refractivity contribution in [3.63, 3.8) is 0 Å². The molecule has 0 saturated carbocycles. The molecule has 1 rings (SSSR count). The van der Waals surface area contributed by atoms with Gasteiger partial charge in [0.15, 0.2) is 0 Å². The molecule has 0 unspecified atom stereocenters. The summed E-state index contributed by atoms with van der Waals surface area (Å²) in [5, 5.41) is 0. The van der Waals surface area contributed by atoms with Crippen molar-refractivity contribution in [3.05, 3.63) is 24.3 Å². The van der Waals surface area contributed by atoms with E-state index in [2.05, 4.69) is 10.5 Å². The Morgan fingerprint density at radius 1 is 1.18 bits per heavy atom. The molecule has 0 aliphatic heterocycles. The van der Waals surface area contributed by atoms with E-state index >= 15 is 0 Å². The van der Waals surface area contributed by atoms with Gasteiger partial charge in [-0.1, -0.05) is 0 Å². The van der Waals surface area contributed by atoms with Crippen molar-refractivity contribution in [1.82, 2.24) is 0 Å². The van der Waals surface area contributed by atoms with Crippen LogP contribution in [0.1, 0.15) is 0 Å². The fraction of sp³-hybridized carbons (Fsp3) is 0.143. The molecule has 1 aromatic rings. The summed E-state index contributed by atoms with van der Waals surface area (Å²) in [6, 6.07) is 6.12. The zero-order valence-electron chi connectivity index (χ0n) is 5.76. The van der Waals surface area contributed by atoms with E-state index in [1.807, 2.05) is 0 Å². The second kappa shape index (κ2) is 3.30. The lowest BCUT2D eigenvalue weighted by molar-refractivity contribution is -0.254. The van der Waals surface area contributed by atoms with Crippen molar-refractivity contribution in [2.24, 2.45) is 0 Å². The third-order valence-corrected chi connectivity index (χ3v) is 1.15. The molecule has 0 amide bonds. The van der Waals surface area contributed by atoms with E-state index in [9.17, 15) is 8.78 Å². The minimum Gasteiger partial charge on any atom is -0.435 e. The van der Waals surface area contributed by atoms with Crippen LogP contribution in [-0.4, -0.2) is 6.61 Å². The first-order valence-corrected chi connectivity index (χ1v) is 3.05. The molecule has 0 saturated heterocycles. The second-order valence-corrected chi connectivity index (χ2v) is 2.02. The second-order valence-electron chi connectivity index (χ2n) is 2.02. The molecular formula is C7H8F2NO+. The van der Waals surface area contributed by atoms with Crippen LogP contribution in [0.2, 0.25) is 0 Å². The smallest absolute Gasteiger partial charge is 0.387 e. The number of hydrogen-bond acceptors (Lipinski definition) is 1. The van der Waals surface area contributed by atoms with Crippen molar-refractivity contribution in [2.45, 2.75) is 6.61 Å². The highest BCUT2D eigenvalue weighted by Gasteiger charge is 2.02. The molecule has 0 fully saturated rings. The summed E-state index contributed by atoms with van der Waals surface area (Å²) >= 11 is 0. The summed E-state index contributed by atoms with van der Waals surface area (Å²) in [5.74, 6) is 0.160. The van der Waals surface area contributed by atoms with Crippen molar-refractivity contribution in [1.29, 1.82) is 0 Å². The van der Waals surface area contributed by atoms with Gasteiger partial charge >= 0.3 is 6.61 Å². The van der Waals surface area contributed by atoms with Gasteiger partial charge in [-0.05, 0) is 12.1 Å². The number of rotatable bonds is 2. The summed E-state index contributed by atoms with van der Waals surface area (Å²) < 4.78 is 27.3. The van der Waals surface area contributed by atoms with E-state index in [1.165, 1.54) is 12.1 Å². The molecule has 1 aromatic carbocycles. The van der Waals surface area contributed by atoms with Gasteiger partial charge in [0.05, 0.1) is 0 Å². The maximum atomic E-state index is 11.6. The van der Waals surface area contributed by atoms with Crippen LogP contribution in [0.3, 0.4) is 0 Å². The predicted molar refractivity (Wildman–Crippen MR) is 35.6 cm³/mol. The van der Waals surface area contributed by atoms with E-state index in [-0.39, 0.29) is 5.75 Å². The van der Waals surface area contributed by atoms with Crippen LogP contribution >= 0.6 is 0 Å². The zero-order chi connectivity index (χ0) is 8.27. The van der Waals surface area contributed by atoms with E-state index in [0.29, 0.717) is 0 Å². The lowest BCUT2D eigenvalue weighted by Crippen LogP contribution is -2.39. The first-order valence-electron chi connectivity index (χ1n) is 3.05. The minimum absolute atomic E-state index is 0.160. The standard InChI is InChI=1S/C7H7F2NO/c8-7(9)11-6-3-1-5(10)2-4-6/h1-4,7H,10H2/p+1. The highest BCUT2D eigenvalue weighted by atomic mass is 19.3. The molecule has 0 spiro atoms. The quantitative estimate of drug-likeness (QED) is 0.692. The number of quaternary nitrogens is 1. The normalized spacial score (nSPS) is 10.2. The molecule has 60 valence electrons. The van der Waals surface area contributed by atoms with Gasteiger partial charge in [-0.2, -0.15) is 8.78 Å². The Labute approximate surface area is 62.6 Å². The van der Waals surface area contributed by atoms with Crippen LogP contribution in [-0.2, 0) is 0 Å². The Morgan fingerprint density at radius 2 is 1.73 bits per heavy atom. The van der Waals surface area contributed by atoms with Crippen LogP contribution < -0.4 is 10.5 Å². The Kier molecular flexibility index (Phi) is 2.38. The van der Waals surface area contributed by atoms with E-state index in [4.69, 9.17) is 0 Å². The van der Waals surface area contributed by atoms with Crippen molar-refractivity contribution in [2.75, 3.05) is 0 Å². The van der Waals surface area contributed by atoms with Gasteiger partial charge in [-0.15, -0.1) is 0 Å². The molecular weight excluding hydrogens is 152 g/mol. The molecule has 11 heavy (non-hydrogen) atoms. The van der Waals surface area contributed by atoms with Gasteiger partial charge in [-0.25, -0.2) is 0 Å². The summed E-state index contributed by atoms with van der Waals surface area (Å²) in [6.07, 6.45) is 0. The van der Waals surface area contributed by atoms with Gasteiger partial charge in [0.25, 0.3) is 0 Å². The lowest BCUT2D eigenvalue weighted by Gasteiger charge is -2.02. The fourth-order valence-electron chi connectivity index (χ4n) is 0.671. The van der Waals surface area contributed by atoms with Gasteiger partial charge in [0.2, 0.25) is 0 Å². The predicted octanol–water partition coefficient (Wildman–Crippen LogP) is 1.16. The Balaban J connectivity index is 2.66. The summed E-state index contributed by atoms with van der Waals surface area (Å²) in [7, 11) is 0. The topological polar surface area (TPSA) is 36.9 Å². The van der Waals surface area contributed by atoms with Crippen molar-refractivity contribution >= 4 is 5.69 Å². The Morgan fingerprint density at radius 3 is 2.18 bits per heavy atom. The average Bonchev–Trinajstić information content (AvgIpc) is 1.93. The molecule has 0 heterocycles. The van der Waals surface area contributed by atoms with Crippen LogP contribution in [0.25, 0.3) is 0 Å². The largest absolute Gasteiger partial charge is 0.435 e. The van der Waals surface area contributed by atoms with Gasteiger partial charge < -0.3 is 10.5 Å². The maximum Gasteiger partial charge on any atom is 0.387 e. The molecule has 0 aliphatic carbocycles. The summed E-state index contributed by atoms with van der Waals surface area (Å²) in [4.78, 5) is 0. The van der Waals surface area contributed by atoms with Gasteiger partial charge in [0.1, 0.15) is 11.4 Å². The molecule has 4 heteroatoms. The first kappa shape index (κ1) is 7.94. The van der Waals surface area contributed by atoms with Crippen LogP contribution in [0.5, 0.6) is 5.75 Å². The monoisotopic (exact) mass is 160 g/mol. The fourth-order valence-corrected chi connectivity index (χ4v) is 0.671. The maximum absolute atomic E-state index is 11.6. The van der Waals surface area contributed by atoms with Crippen LogP contribution in [0, 0.1) is 0 Å². The number of benzene rings is 1. The van der Waals surface area contributed by atoms with Crippen LogP contribution in [0.4, 0.5) is 14.5 Å². The molecule has 0 aliphatic rings. The number of hydrogen-bond donors (Lipinski definition) is 1. The molecule has 0 aromatic heterocycles. The minimum atomic E-state index is -2.76. The number of ether oxygens (including phenoxy) is 1. The Hall–Kier alpha value is -1.16. The number of halogens is 2. The van der Waals surface area contributed by atoms with Crippen molar-refractivity contribution in [3.8, 4) is 5.75 Å². The zero-order valence-corrected chi connectivity index (χ0v) is 5.76. The molecule has 0 atom stereocenters. The molecule has 0 radical (unpaired) electrons. The third-order valence-electron chi connectivity index (χ3n) is 1.15. The summed E-state index contributed by atoms with van der Waals surface area (Å²) in [5.41, 5.74) is 4.37. The SMILES string of the molecule is [NH3+]c1ccc(OC(F)F)cc1. The Bertz CT molecular complexity index is 222. The van der Waals surface area contributed by atoms with Gasteiger partial charge in [-0.3, -0.25) is 0 Å². The number of alkyl halides is 2. The highest BCUT2D eigenvalue weighted by molar-refractivity contribution is 5.34. The molecule has 2 nitrogen and oxygen atoms in total. The highest BCUT2D eigenvalue weighted by Crippen LogP contribution is 2.14. The van der Waals surface area contributed by atoms with Gasteiger partial charge in [0, 0.05) is 12.1 Å². The molecule has 3 N–H and O–H groups in total. The first-order chi connectivity index (χ1) is 5.18.